The van der Waals surface area contributed by atoms with Crippen LogP contribution in [0.2, 0.25) is 5.62 Å². The van der Waals surface area contributed by atoms with Gasteiger partial charge in [-0.05, 0) is 0 Å². The minimum atomic E-state index is -1.88. The van der Waals surface area contributed by atoms with Crippen LogP contribution in [0.4, 0.5) is 0 Å². The summed E-state index contributed by atoms with van der Waals surface area (Å²) in [6, 6.07) is 0. The highest BCUT2D eigenvalue weighted by molar-refractivity contribution is 8.30. The van der Waals surface area contributed by atoms with E-state index < -0.39 is 242 Å². The van der Waals surface area contributed by atoms with Crippen LogP contribution in [0.1, 0.15) is 0 Å². The summed E-state index contributed by atoms with van der Waals surface area (Å²) in [6.07, 6.45) is -55.5. The lowest BCUT2D eigenvalue weighted by atomic mass is 8.28. The van der Waals surface area contributed by atoms with Gasteiger partial charge in [0.25, 0.3) is 0 Å². The summed E-state index contributed by atoms with van der Waals surface area (Å²) in [5.41, 5.74) is -1.88. The SMILES string of the molecule is [B][B]B([B])B(B([B])[B])B(B(B([B])[B])B([B])[B])C(B(B(B(B([B])[B])B([B])[B])B(B([B])[B])B([B])[B])B(B(B([B])[B])B([B])[B])B(B([B])[B])B([B])[B])B(B(B(B([B])[B])B([B])[B])B(B([B])[B])B([B])[B])B(B(B([B])[B])B([B])[B])B(B([B])[B])B([B])[B]. The van der Waals surface area contributed by atoms with Crippen molar-refractivity contribution < 1.29 is 0 Å². The summed E-state index contributed by atoms with van der Waals surface area (Å²) < 4.78 is 0. The zero-order valence-electron chi connectivity index (χ0n) is 45.6. The Labute approximate surface area is 553 Å². The van der Waals surface area contributed by atoms with Crippen molar-refractivity contribution in [1.82, 2.24) is 0 Å². The van der Waals surface area contributed by atoms with Crippen LogP contribution < -0.4 is 0 Å². The highest BCUT2D eigenvalue weighted by Crippen LogP contribution is 2.36. The van der Waals surface area contributed by atoms with Crippen LogP contribution in [0.15, 0.2) is 0 Å². The number of hydrogen-bond acceptors (Lipinski definition) is 0. The van der Waals surface area contributed by atoms with Crippen molar-refractivity contribution >= 4 is 553 Å². The number of rotatable bonds is 38. The first-order chi connectivity index (χ1) is 36.0. The van der Waals surface area contributed by atoms with E-state index in [-0.39, 0.29) is 0 Å². The van der Waals surface area contributed by atoms with Gasteiger partial charge in [-0.15, -0.1) is 5.62 Å². The van der Waals surface area contributed by atoms with Crippen molar-refractivity contribution in [1.29, 1.82) is 0 Å². The van der Waals surface area contributed by atoms with E-state index in [0.717, 1.165) is 7.06 Å². The molecular formula is CHB78. The molecule has 78 heteroatoms. The minimum Gasteiger partial charge on any atom is -0.146 e. The molecule has 0 amide bonds. The molecule has 79 heavy (non-hydrogen) atoms. The first-order valence-corrected chi connectivity index (χ1v) is 26.0. The van der Waals surface area contributed by atoms with Gasteiger partial charge in [0.15, 0.2) is 0 Å². The fourth-order valence-corrected chi connectivity index (χ4v) is 14.0. The maximum atomic E-state index is 7.11. The lowest BCUT2D eigenvalue weighted by Crippen LogP contribution is -2.94. The van der Waals surface area contributed by atoms with Gasteiger partial charge < -0.3 is 0 Å². The van der Waals surface area contributed by atoms with Crippen molar-refractivity contribution in [3.63, 3.8) is 0 Å². The molecule has 239 valence electrons. The Hall–Kier alpha value is 5.06. The van der Waals surface area contributed by atoms with E-state index in [1.54, 1.807) is 0 Å². The van der Waals surface area contributed by atoms with Crippen molar-refractivity contribution in [2.24, 2.45) is 0 Å². The summed E-state index contributed by atoms with van der Waals surface area (Å²) in [5, 5.41) is 0. The molecule has 0 spiro atoms. The standard InChI is InChI=1S/CHB78/c2-42-65(41)67(48(7)8)43(66(46(3)4)47(5)6)1(44(68(72(49(9)10)50(11)12)73(51(13)14)52(15)16)69(74(53(17)18)54(19)20)75(55(21)22)56(23)24)45(70(76(57(25)26)58(27)28)77(59(29)30)60(31)32)71(78(61(33)34)62(35)36)79(63(37)38)64(39)40/h1H. The van der Waals surface area contributed by atoms with Gasteiger partial charge in [-0.1, -0.05) is 0 Å². The molecule has 0 unspecified atom stereocenters. The Morgan fingerprint density at radius 2 is 0.266 bits per heavy atom. The molecule has 0 fully saturated rings. The van der Waals surface area contributed by atoms with Crippen LogP contribution in [0.3, 0.4) is 0 Å². The second kappa shape index (κ2) is 38.8. The summed E-state index contributed by atoms with van der Waals surface area (Å²) in [4.78, 5) is 0. The van der Waals surface area contributed by atoms with E-state index in [1.165, 1.54) is 0 Å². The molecule has 0 nitrogen and oxygen atoms in total. The molecule has 0 aliphatic heterocycles. The summed E-state index contributed by atoms with van der Waals surface area (Å²) >= 11 is 0. The van der Waals surface area contributed by atoms with Gasteiger partial charge in [-0.2, -0.15) is 0 Å². The smallest absolute Gasteiger partial charge is 0.0294 e. The Balaban J connectivity index is 12.6. The first-order valence-electron chi connectivity index (χ1n) is 26.0. The Bertz CT molecular complexity index is 1210. The fraction of sp³-hybridized carbons (Fsp3) is 1.00. The molecule has 0 atom stereocenters. The second-order valence-electron chi connectivity index (χ2n) is 22.1. The predicted molar refractivity (Wildman–Crippen MR) is 453 cm³/mol. The zero-order chi connectivity index (χ0) is 62.6. The van der Waals surface area contributed by atoms with Crippen molar-refractivity contribution in [3.8, 4) is 0 Å². The van der Waals surface area contributed by atoms with E-state index in [4.69, 9.17) is 309 Å². The lowest BCUT2D eigenvalue weighted by Gasteiger charge is -2.62. The van der Waals surface area contributed by atoms with E-state index in [0.29, 0.717) is 0 Å². The van der Waals surface area contributed by atoms with E-state index in [2.05, 4.69) is 0 Å². The topological polar surface area (TPSA) is 0 Å². The van der Waals surface area contributed by atoms with Crippen LogP contribution in [0.5, 0.6) is 0 Å². The summed E-state index contributed by atoms with van der Waals surface area (Å²) in [6.45, 7) is -5.39. The average molecular weight is 856 g/mol. The molecule has 0 aromatic rings. The zero-order valence-corrected chi connectivity index (χ0v) is 45.6. The first kappa shape index (κ1) is 84.1. The van der Waals surface area contributed by atoms with Crippen molar-refractivity contribution in [2.75, 3.05) is 0 Å². The van der Waals surface area contributed by atoms with Gasteiger partial charge in [0.2, 0.25) is 0 Å². The molecule has 0 N–H and O–H groups in total. The van der Waals surface area contributed by atoms with Crippen molar-refractivity contribution in [2.45, 2.75) is 5.62 Å². The van der Waals surface area contributed by atoms with Gasteiger partial charge in [0, 0.05) is 553 Å². The van der Waals surface area contributed by atoms with Crippen LogP contribution in [-0.4, -0.2) is 553 Å². The molecule has 0 aliphatic rings. The summed E-state index contributed by atoms with van der Waals surface area (Å²) in [7, 11) is 275. The molecule has 0 bridgehead atoms. The number of hydrogen-bond donors (Lipinski definition) is 0. The Morgan fingerprint density at radius 1 is 0.152 bits per heavy atom. The predicted octanol–water partition coefficient (Wildman–Crippen LogP) is -29.4. The highest BCUT2D eigenvalue weighted by atomic mass is 13.7. The van der Waals surface area contributed by atoms with Gasteiger partial charge >= 0.3 is 0 Å². The maximum Gasteiger partial charge on any atom is 0.0294 e. The molecular weight excluding hydrogens is 855 g/mol. The molecule has 0 rings (SSSR count). The molecule has 81 radical (unpaired) electrons. The van der Waals surface area contributed by atoms with Gasteiger partial charge in [-0.25, -0.2) is 0 Å². The lowest BCUT2D eigenvalue weighted by molar-refractivity contribution is 1.80. The van der Waals surface area contributed by atoms with E-state index in [1.807, 2.05) is 0 Å². The molecule has 0 saturated heterocycles. The molecule has 0 aliphatic carbocycles. The minimum absolute atomic E-state index is 1.04. The van der Waals surface area contributed by atoms with Gasteiger partial charge in [-0.3, -0.25) is 0 Å². The largest absolute Gasteiger partial charge is 0.146 e. The Kier molecular flexibility index (Phi) is 41.3. The maximum absolute atomic E-state index is 7.11. The van der Waals surface area contributed by atoms with Crippen LogP contribution in [0, 0.1) is 0 Å². The summed E-state index contributed by atoms with van der Waals surface area (Å²) in [5.74, 6) is 0. The normalized spacial score (nSPS) is 9.89. The van der Waals surface area contributed by atoms with Crippen LogP contribution in [0.25, 0.3) is 0 Å². The Morgan fingerprint density at radius 3 is 0.367 bits per heavy atom. The highest BCUT2D eigenvalue weighted by Gasteiger charge is 2.65. The third-order valence-corrected chi connectivity index (χ3v) is 16.7. The van der Waals surface area contributed by atoms with Crippen molar-refractivity contribution in [3.05, 3.63) is 0 Å². The third-order valence-electron chi connectivity index (χ3n) is 16.7. The van der Waals surface area contributed by atoms with E-state index in [9.17, 15) is 0 Å². The van der Waals surface area contributed by atoms with Crippen LogP contribution in [-0.2, 0) is 0 Å². The average Bonchev–Trinajstić information content (AvgIpc) is 3.23. The third kappa shape index (κ3) is 22.7. The molecule has 0 heterocycles. The second-order valence-corrected chi connectivity index (χ2v) is 22.1. The monoisotopic (exact) mass is 872 g/mol. The molecule has 0 aromatic carbocycles. The molecule has 0 saturated carbocycles. The van der Waals surface area contributed by atoms with Gasteiger partial charge in [0.1, 0.15) is 0 Å². The van der Waals surface area contributed by atoms with E-state index >= 15 is 0 Å². The molecule has 0 aromatic heterocycles. The fourth-order valence-electron chi connectivity index (χ4n) is 14.0. The van der Waals surface area contributed by atoms with Crippen LogP contribution >= 0.6 is 0 Å². The quantitative estimate of drug-likeness (QED) is 0.0543. The van der Waals surface area contributed by atoms with Gasteiger partial charge in [0.05, 0.1) is 0 Å².